The molecule has 3 rings (SSSR count). The largest absolute Gasteiger partial charge is 0.316 e. The highest BCUT2D eigenvalue weighted by molar-refractivity contribution is 7.97. The summed E-state index contributed by atoms with van der Waals surface area (Å²) in [6.45, 7) is 8.80. The van der Waals surface area contributed by atoms with Crippen LogP contribution in [0, 0.1) is 11.3 Å². The van der Waals surface area contributed by atoms with Gasteiger partial charge >= 0.3 is 0 Å². The average Bonchev–Trinajstić information content (AvgIpc) is 3.02. The highest BCUT2D eigenvalue weighted by atomic mass is 32.2. The molecule has 0 aromatic carbocycles. The predicted molar refractivity (Wildman–Crippen MR) is 92.6 cm³/mol. The van der Waals surface area contributed by atoms with Crippen LogP contribution in [0.15, 0.2) is 0 Å². The van der Waals surface area contributed by atoms with E-state index >= 15 is 0 Å². The molecule has 1 spiro atoms. The Labute approximate surface area is 135 Å². The summed E-state index contributed by atoms with van der Waals surface area (Å²) < 4.78 is 3.65. The van der Waals surface area contributed by atoms with Crippen molar-refractivity contribution in [2.45, 2.75) is 57.9 Å². The van der Waals surface area contributed by atoms with Gasteiger partial charge in [0.1, 0.15) is 0 Å². The Morgan fingerprint density at radius 3 is 2.52 bits per heavy atom. The van der Waals surface area contributed by atoms with Gasteiger partial charge in [0.2, 0.25) is 0 Å². The first-order chi connectivity index (χ1) is 10.3. The van der Waals surface area contributed by atoms with Gasteiger partial charge in [-0.1, -0.05) is 18.9 Å². The fourth-order valence-electron chi connectivity index (χ4n) is 4.49. The molecule has 3 fully saturated rings. The van der Waals surface area contributed by atoms with Crippen molar-refractivity contribution in [2.75, 3.05) is 38.5 Å². The molecule has 4 heteroatoms. The van der Waals surface area contributed by atoms with Crippen LogP contribution in [0.3, 0.4) is 0 Å². The van der Waals surface area contributed by atoms with Crippen molar-refractivity contribution in [2.24, 2.45) is 11.3 Å². The summed E-state index contributed by atoms with van der Waals surface area (Å²) in [7, 11) is 0. The molecule has 0 bridgehead atoms. The van der Waals surface area contributed by atoms with Gasteiger partial charge in [-0.3, -0.25) is 4.72 Å². The van der Waals surface area contributed by atoms with Gasteiger partial charge in [0.25, 0.3) is 0 Å². The minimum Gasteiger partial charge on any atom is -0.316 e. The minimum absolute atomic E-state index is 0.708. The first kappa shape index (κ1) is 16.1. The zero-order valence-corrected chi connectivity index (χ0v) is 14.5. The van der Waals surface area contributed by atoms with Crippen molar-refractivity contribution in [3.63, 3.8) is 0 Å². The van der Waals surface area contributed by atoms with E-state index in [2.05, 4.69) is 21.9 Å². The zero-order chi connectivity index (χ0) is 14.5. The third-order valence-electron chi connectivity index (χ3n) is 6.04. The van der Waals surface area contributed by atoms with E-state index < -0.39 is 0 Å². The summed E-state index contributed by atoms with van der Waals surface area (Å²) in [6, 6.07) is 0.781. The fraction of sp³-hybridized carbons (Fsp3) is 1.00. The molecule has 21 heavy (non-hydrogen) atoms. The molecule has 2 heterocycles. The van der Waals surface area contributed by atoms with Crippen LogP contribution in [0.2, 0.25) is 0 Å². The molecule has 122 valence electrons. The quantitative estimate of drug-likeness (QED) is 0.764. The molecule has 3 aliphatic rings. The topological polar surface area (TPSA) is 27.3 Å². The third-order valence-corrected chi connectivity index (χ3v) is 6.82. The summed E-state index contributed by atoms with van der Waals surface area (Å²) >= 11 is 1.90. The molecule has 2 aliphatic heterocycles. The van der Waals surface area contributed by atoms with Crippen LogP contribution in [0.5, 0.6) is 0 Å². The van der Waals surface area contributed by atoms with E-state index in [0.29, 0.717) is 5.41 Å². The van der Waals surface area contributed by atoms with Crippen molar-refractivity contribution in [1.82, 2.24) is 14.9 Å². The van der Waals surface area contributed by atoms with E-state index in [0.717, 1.165) is 12.0 Å². The number of nitrogens with zero attached hydrogens (tertiary/aromatic N) is 1. The summed E-state index contributed by atoms with van der Waals surface area (Å²) in [6.07, 6.45) is 10.0. The van der Waals surface area contributed by atoms with Gasteiger partial charge in [-0.05, 0) is 82.5 Å². The molecular formula is C17H33N3S. The number of hydrogen-bond donors (Lipinski definition) is 2. The summed E-state index contributed by atoms with van der Waals surface area (Å²) in [5.41, 5.74) is 0.708. The number of piperidine rings is 1. The molecule has 0 amide bonds. The van der Waals surface area contributed by atoms with Crippen LogP contribution >= 0.6 is 11.9 Å². The van der Waals surface area contributed by atoms with Crippen LogP contribution in [-0.2, 0) is 0 Å². The van der Waals surface area contributed by atoms with Gasteiger partial charge in [0.15, 0.2) is 0 Å². The summed E-state index contributed by atoms with van der Waals surface area (Å²) in [5, 5.41) is 3.50. The maximum absolute atomic E-state index is 3.65. The third kappa shape index (κ3) is 4.37. The Kier molecular flexibility index (Phi) is 5.88. The smallest absolute Gasteiger partial charge is 0.0172 e. The second-order valence-corrected chi connectivity index (χ2v) is 8.59. The Morgan fingerprint density at radius 2 is 1.90 bits per heavy atom. The van der Waals surface area contributed by atoms with Crippen molar-refractivity contribution < 1.29 is 0 Å². The monoisotopic (exact) mass is 311 g/mol. The number of hydrogen-bond acceptors (Lipinski definition) is 4. The van der Waals surface area contributed by atoms with E-state index in [9.17, 15) is 0 Å². The first-order valence-electron chi connectivity index (χ1n) is 9.10. The molecule has 0 radical (unpaired) electrons. The second kappa shape index (κ2) is 7.67. The molecule has 2 saturated heterocycles. The lowest BCUT2D eigenvalue weighted by Crippen LogP contribution is -2.45. The second-order valence-electron chi connectivity index (χ2n) is 7.48. The number of likely N-dealkylation sites (tertiary alicyclic amines) is 1. The molecule has 3 nitrogen and oxygen atoms in total. The van der Waals surface area contributed by atoms with Gasteiger partial charge in [-0.25, -0.2) is 0 Å². The van der Waals surface area contributed by atoms with E-state index in [1.165, 1.54) is 83.4 Å². The Morgan fingerprint density at radius 1 is 1.14 bits per heavy atom. The summed E-state index contributed by atoms with van der Waals surface area (Å²) in [5.74, 6) is 2.11. The highest BCUT2D eigenvalue weighted by Crippen LogP contribution is 2.44. The minimum atomic E-state index is 0.708. The Hall–Kier alpha value is 0.230. The van der Waals surface area contributed by atoms with Gasteiger partial charge < -0.3 is 10.2 Å². The standard InChI is InChI=1S/C17H33N3S/c1-2-21-19-16-3-6-17(7-4-16)8-11-20(12-9-17)14-15-5-10-18-13-15/h15-16,18-19H,2-14H2,1H3. The molecular weight excluding hydrogens is 278 g/mol. The number of rotatable bonds is 5. The maximum atomic E-state index is 3.65. The van der Waals surface area contributed by atoms with Gasteiger partial charge in [-0.2, -0.15) is 0 Å². The van der Waals surface area contributed by atoms with Crippen molar-refractivity contribution in [1.29, 1.82) is 0 Å². The van der Waals surface area contributed by atoms with E-state index in [1.807, 2.05) is 11.9 Å². The molecule has 1 atom stereocenters. The lowest BCUT2D eigenvalue weighted by atomic mass is 9.67. The molecule has 1 unspecified atom stereocenters. The zero-order valence-electron chi connectivity index (χ0n) is 13.7. The van der Waals surface area contributed by atoms with Crippen molar-refractivity contribution >= 4 is 11.9 Å². The van der Waals surface area contributed by atoms with Crippen LogP contribution in [-0.4, -0.2) is 49.4 Å². The van der Waals surface area contributed by atoms with E-state index in [1.54, 1.807) is 0 Å². The van der Waals surface area contributed by atoms with Gasteiger partial charge in [-0.15, -0.1) is 0 Å². The fourth-order valence-corrected chi connectivity index (χ4v) is 5.13. The summed E-state index contributed by atoms with van der Waals surface area (Å²) in [4.78, 5) is 2.75. The molecule has 1 saturated carbocycles. The van der Waals surface area contributed by atoms with Crippen LogP contribution in [0.1, 0.15) is 51.9 Å². The Bertz CT molecular complexity index is 299. The molecule has 2 N–H and O–H groups in total. The normalized spacial score (nSPS) is 31.0. The van der Waals surface area contributed by atoms with Gasteiger partial charge in [0, 0.05) is 18.3 Å². The SMILES string of the molecule is CCSNC1CCC2(CC1)CCN(CC1CCNC1)CC2. The van der Waals surface area contributed by atoms with Crippen molar-refractivity contribution in [3.8, 4) is 0 Å². The Balaban J connectivity index is 1.39. The van der Waals surface area contributed by atoms with Crippen LogP contribution < -0.4 is 10.0 Å². The molecule has 0 aromatic rings. The van der Waals surface area contributed by atoms with E-state index in [4.69, 9.17) is 0 Å². The lowest BCUT2D eigenvalue weighted by Gasteiger charge is -2.46. The van der Waals surface area contributed by atoms with Crippen LogP contribution in [0.4, 0.5) is 0 Å². The molecule has 1 aliphatic carbocycles. The predicted octanol–water partition coefficient (Wildman–Crippen LogP) is 2.88. The highest BCUT2D eigenvalue weighted by Gasteiger charge is 2.38. The molecule has 0 aromatic heterocycles. The van der Waals surface area contributed by atoms with E-state index in [-0.39, 0.29) is 0 Å². The maximum Gasteiger partial charge on any atom is 0.0172 e. The van der Waals surface area contributed by atoms with Crippen molar-refractivity contribution in [3.05, 3.63) is 0 Å². The van der Waals surface area contributed by atoms with Gasteiger partial charge in [0.05, 0.1) is 0 Å². The lowest BCUT2D eigenvalue weighted by molar-refractivity contribution is 0.0553. The van der Waals surface area contributed by atoms with Crippen LogP contribution in [0.25, 0.3) is 0 Å². The average molecular weight is 312 g/mol. The first-order valence-corrected chi connectivity index (χ1v) is 10.1. The number of nitrogens with one attached hydrogen (secondary N) is 2.